The number of thiazole rings is 1. The number of benzene rings is 2. The third kappa shape index (κ3) is 3.61. The van der Waals surface area contributed by atoms with Crippen LogP contribution in [-0.2, 0) is 11.2 Å². The molecule has 2 amide bonds. The molecule has 30 heavy (non-hydrogen) atoms. The molecule has 2 aliphatic rings. The summed E-state index contributed by atoms with van der Waals surface area (Å²) in [6, 6.07) is 14.3. The molecule has 0 saturated carbocycles. The predicted molar refractivity (Wildman–Crippen MR) is 113 cm³/mol. The Bertz CT molecular complexity index is 1110. The van der Waals surface area contributed by atoms with E-state index in [1.54, 1.807) is 30.3 Å². The van der Waals surface area contributed by atoms with E-state index in [0.29, 0.717) is 27.9 Å². The number of carbonyl (C=O) groups excluding carboxylic acids is 2. The number of hydrogen-bond acceptors (Lipinski definition) is 6. The van der Waals surface area contributed by atoms with Crippen molar-refractivity contribution in [3.05, 3.63) is 64.7 Å². The van der Waals surface area contributed by atoms with Gasteiger partial charge in [0.1, 0.15) is 0 Å². The number of ether oxygens (including phenoxy) is 2. The molecule has 5 rings (SSSR count). The van der Waals surface area contributed by atoms with Gasteiger partial charge in [0.15, 0.2) is 16.6 Å². The van der Waals surface area contributed by atoms with Crippen LogP contribution < -0.4 is 20.1 Å². The van der Waals surface area contributed by atoms with E-state index in [1.165, 1.54) is 11.3 Å². The van der Waals surface area contributed by atoms with Gasteiger partial charge in [0.25, 0.3) is 5.91 Å². The van der Waals surface area contributed by atoms with Crippen molar-refractivity contribution in [3.63, 3.8) is 0 Å². The Labute approximate surface area is 177 Å². The van der Waals surface area contributed by atoms with E-state index in [0.717, 1.165) is 29.8 Å². The molecule has 0 spiro atoms. The van der Waals surface area contributed by atoms with Crippen LogP contribution in [0.25, 0.3) is 0 Å². The summed E-state index contributed by atoms with van der Waals surface area (Å²) in [5, 5.41) is 6.34. The summed E-state index contributed by atoms with van der Waals surface area (Å²) in [5.41, 5.74) is 1.99. The van der Waals surface area contributed by atoms with Gasteiger partial charge in [0, 0.05) is 22.2 Å². The number of nitrogens with one attached hydrogen (secondary N) is 2. The summed E-state index contributed by atoms with van der Waals surface area (Å²) < 4.78 is 10.7. The maximum atomic E-state index is 13.0. The van der Waals surface area contributed by atoms with Crippen LogP contribution in [0.1, 0.15) is 39.7 Å². The van der Waals surface area contributed by atoms with Gasteiger partial charge < -0.3 is 14.8 Å². The first-order valence-corrected chi connectivity index (χ1v) is 10.6. The zero-order valence-electron chi connectivity index (χ0n) is 16.0. The van der Waals surface area contributed by atoms with E-state index in [1.807, 2.05) is 18.2 Å². The number of hydrogen-bond donors (Lipinski definition) is 2. The molecule has 2 N–H and O–H groups in total. The van der Waals surface area contributed by atoms with E-state index in [4.69, 9.17) is 9.47 Å². The number of amides is 2. The molecule has 2 aromatic carbocycles. The molecule has 3 aromatic rings. The summed E-state index contributed by atoms with van der Waals surface area (Å²) in [5.74, 6) is 0.630. The lowest BCUT2D eigenvalue weighted by Crippen LogP contribution is -2.24. The van der Waals surface area contributed by atoms with E-state index >= 15 is 0 Å². The number of carbonyl (C=O) groups is 2. The summed E-state index contributed by atoms with van der Waals surface area (Å²) in [4.78, 5) is 31.1. The lowest BCUT2D eigenvalue weighted by atomic mass is 9.90. The highest BCUT2D eigenvalue weighted by atomic mass is 32.1. The van der Waals surface area contributed by atoms with Crippen molar-refractivity contribution in [2.24, 2.45) is 0 Å². The van der Waals surface area contributed by atoms with Crippen molar-refractivity contribution < 1.29 is 19.1 Å². The smallest absolute Gasteiger partial charge is 0.257 e. The van der Waals surface area contributed by atoms with Crippen molar-refractivity contribution in [2.45, 2.75) is 25.2 Å². The van der Waals surface area contributed by atoms with Crippen LogP contribution in [0.2, 0.25) is 0 Å². The molecular weight excluding hydrogens is 402 g/mol. The van der Waals surface area contributed by atoms with Crippen molar-refractivity contribution >= 4 is 34.0 Å². The van der Waals surface area contributed by atoms with Crippen LogP contribution in [0.3, 0.4) is 0 Å². The minimum atomic E-state index is -0.349. The first-order chi connectivity index (χ1) is 14.7. The number of rotatable bonds is 4. The van der Waals surface area contributed by atoms with Gasteiger partial charge in [0.05, 0.1) is 11.6 Å². The Morgan fingerprint density at radius 3 is 2.73 bits per heavy atom. The lowest BCUT2D eigenvalue weighted by Gasteiger charge is -2.20. The normalized spacial score (nSPS) is 16.6. The van der Waals surface area contributed by atoms with Crippen molar-refractivity contribution in [1.82, 2.24) is 4.98 Å². The first kappa shape index (κ1) is 18.6. The fourth-order valence-corrected chi connectivity index (χ4v) is 4.75. The van der Waals surface area contributed by atoms with E-state index in [-0.39, 0.29) is 24.5 Å². The van der Waals surface area contributed by atoms with Crippen molar-refractivity contribution in [3.8, 4) is 11.5 Å². The molecule has 8 heteroatoms. The Hall–Kier alpha value is -3.39. The van der Waals surface area contributed by atoms with E-state index in [2.05, 4.69) is 15.6 Å². The van der Waals surface area contributed by atoms with Crippen molar-refractivity contribution in [1.29, 1.82) is 0 Å². The van der Waals surface area contributed by atoms with Crippen LogP contribution >= 0.6 is 11.3 Å². The second-order valence-corrected chi connectivity index (χ2v) is 8.23. The van der Waals surface area contributed by atoms with Crippen LogP contribution in [0.15, 0.2) is 48.5 Å². The summed E-state index contributed by atoms with van der Waals surface area (Å²) in [7, 11) is 0. The molecule has 0 radical (unpaired) electrons. The van der Waals surface area contributed by atoms with Gasteiger partial charge in [-0.1, -0.05) is 18.2 Å². The van der Waals surface area contributed by atoms with Crippen molar-refractivity contribution in [2.75, 3.05) is 17.4 Å². The molecule has 1 unspecified atom stereocenters. The fourth-order valence-electron chi connectivity index (χ4n) is 3.69. The first-order valence-electron chi connectivity index (χ1n) is 9.74. The highest BCUT2D eigenvalue weighted by Crippen LogP contribution is 2.38. The zero-order chi connectivity index (χ0) is 20.5. The summed E-state index contributed by atoms with van der Waals surface area (Å²) in [6.45, 7) is 0.190. The maximum Gasteiger partial charge on any atom is 0.257 e. The maximum absolute atomic E-state index is 13.0. The third-order valence-corrected chi connectivity index (χ3v) is 6.21. The third-order valence-electron chi connectivity index (χ3n) is 5.17. The number of anilines is 2. The monoisotopic (exact) mass is 421 g/mol. The van der Waals surface area contributed by atoms with Gasteiger partial charge in [-0.25, -0.2) is 4.98 Å². The second-order valence-electron chi connectivity index (χ2n) is 7.15. The van der Waals surface area contributed by atoms with Gasteiger partial charge in [-0.15, -0.1) is 11.3 Å². The predicted octanol–water partition coefficient (Wildman–Crippen LogP) is 4.18. The lowest BCUT2D eigenvalue weighted by molar-refractivity contribution is -0.117. The number of aryl methyl sites for hydroxylation is 1. The van der Waals surface area contributed by atoms with Gasteiger partial charge in [-0.05, 0) is 43.5 Å². The average molecular weight is 421 g/mol. The Balaban J connectivity index is 1.32. The fraction of sp³-hybridized carbons (Fsp3) is 0.227. The second kappa shape index (κ2) is 7.79. The minimum absolute atomic E-state index is 0.110. The molecule has 1 aliphatic carbocycles. The highest BCUT2D eigenvalue weighted by Gasteiger charge is 2.31. The zero-order valence-corrected chi connectivity index (χ0v) is 16.8. The largest absolute Gasteiger partial charge is 0.454 e. The van der Waals surface area contributed by atoms with Crippen LogP contribution in [0, 0.1) is 0 Å². The minimum Gasteiger partial charge on any atom is -0.454 e. The molecule has 7 nitrogen and oxygen atoms in total. The molecule has 1 aromatic heterocycles. The average Bonchev–Trinajstić information content (AvgIpc) is 3.39. The molecular formula is C22H19N3O4S. The standard InChI is InChI=1S/C22H19N3O4S/c26-20(13-5-2-1-3-6-13)25-22-24-19-15(7-4-8-18(19)30-22)21(27)23-14-9-10-16-17(11-14)29-12-28-16/h1-3,5-6,9-11,15H,4,7-8,12H2,(H,23,27)(H,24,25,26). The topological polar surface area (TPSA) is 89.6 Å². The molecule has 1 atom stereocenters. The number of aromatic nitrogens is 1. The van der Waals surface area contributed by atoms with Gasteiger partial charge in [-0.3, -0.25) is 14.9 Å². The SMILES string of the molecule is O=C(Nc1nc2c(s1)CCCC2C(=O)Nc1ccc2c(c1)OCO2)c1ccccc1. The quantitative estimate of drug-likeness (QED) is 0.660. The number of nitrogens with zero attached hydrogens (tertiary/aromatic N) is 1. The van der Waals surface area contributed by atoms with Gasteiger partial charge in [0.2, 0.25) is 12.7 Å². The summed E-state index contributed by atoms with van der Waals surface area (Å²) >= 11 is 1.44. The Morgan fingerprint density at radius 1 is 1.03 bits per heavy atom. The Kier molecular flexibility index (Phi) is 4.84. The van der Waals surface area contributed by atoms with E-state index < -0.39 is 0 Å². The molecule has 0 fully saturated rings. The molecule has 0 saturated heterocycles. The van der Waals surface area contributed by atoms with E-state index in [9.17, 15) is 9.59 Å². The van der Waals surface area contributed by atoms with Crippen LogP contribution in [-0.4, -0.2) is 23.6 Å². The molecule has 0 bridgehead atoms. The Morgan fingerprint density at radius 2 is 1.87 bits per heavy atom. The number of fused-ring (bicyclic) bond motifs is 2. The highest BCUT2D eigenvalue weighted by molar-refractivity contribution is 7.16. The molecule has 1 aliphatic heterocycles. The molecule has 152 valence electrons. The van der Waals surface area contributed by atoms with Gasteiger partial charge >= 0.3 is 0 Å². The van der Waals surface area contributed by atoms with Crippen LogP contribution in [0.5, 0.6) is 11.5 Å². The summed E-state index contributed by atoms with van der Waals surface area (Å²) in [6.07, 6.45) is 2.49. The van der Waals surface area contributed by atoms with Crippen LogP contribution in [0.4, 0.5) is 10.8 Å². The molecule has 2 heterocycles. The van der Waals surface area contributed by atoms with Gasteiger partial charge in [-0.2, -0.15) is 0 Å².